The van der Waals surface area contributed by atoms with E-state index in [2.05, 4.69) is 6.92 Å². The lowest BCUT2D eigenvalue weighted by molar-refractivity contribution is -0.384. The molecule has 1 rings (SSSR count). The molecule has 0 spiro atoms. The fraction of sp³-hybridized carbons (Fsp3) is 0.333. The van der Waals surface area contributed by atoms with E-state index in [0.717, 1.165) is 31.2 Å². The minimum absolute atomic E-state index is 0.0114. The van der Waals surface area contributed by atoms with Gasteiger partial charge >= 0.3 is 0 Å². The van der Waals surface area contributed by atoms with Crippen LogP contribution in [0.25, 0.3) is 6.08 Å². The van der Waals surface area contributed by atoms with Gasteiger partial charge in [0.15, 0.2) is 0 Å². The Kier molecular flexibility index (Phi) is 7.92. The van der Waals surface area contributed by atoms with E-state index in [1.54, 1.807) is 24.3 Å². The summed E-state index contributed by atoms with van der Waals surface area (Å²) in [4.78, 5) is 21.6. The highest BCUT2D eigenvalue weighted by molar-refractivity contribution is 5.97. The summed E-state index contributed by atoms with van der Waals surface area (Å²) in [6.45, 7) is 2.11. The second kappa shape index (κ2) is 9.95. The van der Waals surface area contributed by atoms with Crippen molar-refractivity contribution in [2.75, 3.05) is 0 Å². The van der Waals surface area contributed by atoms with Gasteiger partial charge in [-0.15, -0.1) is 0 Å². The summed E-state index contributed by atoms with van der Waals surface area (Å²) in [5.74, 6) is -0.739. The summed E-state index contributed by atoms with van der Waals surface area (Å²) in [5.41, 5.74) is 6.59. The molecule has 126 valence electrons. The molecule has 0 radical (unpaired) electrons. The molecular formula is C18H21N3O3. The van der Waals surface area contributed by atoms with Crippen molar-refractivity contribution in [3.63, 3.8) is 0 Å². The van der Waals surface area contributed by atoms with Crippen molar-refractivity contribution in [3.05, 3.63) is 57.2 Å². The summed E-state index contributed by atoms with van der Waals surface area (Å²) in [6, 6.07) is 7.90. The van der Waals surface area contributed by atoms with E-state index in [1.807, 2.05) is 6.07 Å². The largest absolute Gasteiger partial charge is 0.365 e. The van der Waals surface area contributed by atoms with Crippen LogP contribution in [-0.4, -0.2) is 10.8 Å². The number of hydrogen-bond donors (Lipinski definition) is 1. The highest BCUT2D eigenvalue weighted by Crippen LogP contribution is 2.18. The van der Waals surface area contributed by atoms with Gasteiger partial charge in [-0.05, 0) is 36.1 Å². The van der Waals surface area contributed by atoms with Gasteiger partial charge in [0.25, 0.3) is 11.6 Å². The molecule has 0 heterocycles. The average Bonchev–Trinajstić information content (AvgIpc) is 2.56. The Hall–Kier alpha value is -2.94. The summed E-state index contributed by atoms with van der Waals surface area (Å²) >= 11 is 0. The van der Waals surface area contributed by atoms with Gasteiger partial charge in [0.1, 0.15) is 11.6 Å². The first kappa shape index (κ1) is 19.1. The number of carbonyl (C=O) groups excluding carboxylic acids is 1. The van der Waals surface area contributed by atoms with Crippen LogP contribution in [0.4, 0.5) is 5.69 Å². The van der Waals surface area contributed by atoms with Crippen molar-refractivity contribution in [1.82, 2.24) is 0 Å². The second-order valence-electron chi connectivity index (χ2n) is 5.37. The molecular weight excluding hydrogens is 306 g/mol. The number of benzene rings is 1. The molecule has 0 saturated carbocycles. The van der Waals surface area contributed by atoms with Crippen molar-refractivity contribution in [2.45, 2.75) is 39.0 Å². The molecule has 0 saturated heterocycles. The Morgan fingerprint density at radius 2 is 1.96 bits per heavy atom. The van der Waals surface area contributed by atoms with Crippen LogP contribution in [0.15, 0.2) is 41.5 Å². The van der Waals surface area contributed by atoms with E-state index in [-0.39, 0.29) is 11.3 Å². The average molecular weight is 327 g/mol. The Morgan fingerprint density at radius 3 is 2.46 bits per heavy atom. The van der Waals surface area contributed by atoms with Crippen LogP contribution in [0.2, 0.25) is 0 Å². The second-order valence-corrected chi connectivity index (χ2v) is 5.37. The first-order valence-corrected chi connectivity index (χ1v) is 7.85. The van der Waals surface area contributed by atoms with Crippen LogP contribution < -0.4 is 5.73 Å². The van der Waals surface area contributed by atoms with Crippen molar-refractivity contribution in [2.24, 2.45) is 5.73 Å². The molecule has 0 fully saturated rings. The number of nitro groups is 1. The number of primary amides is 1. The number of nitro benzene ring substituents is 1. The Bertz CT molecular complexity index is 682. The molecule has 1 amide bonds. The van der Waals surface area contributed by atoms with Gasteiger partial charge in [-0.2, -0.15) is 5.26 Å². The number of unbranched alkanes of at least 4 members (excludes halogenated alkanes) is 3. The number of rotatable bonds is 9. The van der Waals surface area contributed by atoms with Gasteiger partial charge in [0.2, 0.25) is 0 Å². The van der Waals surface area contributed by atoms with E-state index in [9.17, 15) is 14.9 Å². The lowest BCUT2D eigenvalue weighted by Crippen LogP contribution is -2.14. The Morgan fingerprint density at radius 1 is 1.29 bits per heavy atom. The maximum absolute atomic E-state index is 11.4. The van der Waals surface area contributed by atoms with E-state index >= 15 is 0 Å². The van der Waals surface area contributed by atoms with Crippen molar-refractivity contribution in [3.8, 4) is 6.07 Å². The third-order valence-corrected chi connectivity index (χ3v) is 3.56. The van der Waals surface area contributed by atoms with Gasteiger partial charge in [0.05, 0.1) is 4.92 Å². The summed E-state index contributed by atoms with van der Waals surface area (Å²) in [5, 5.41) is 19.8. The fourth-order valence-corrected chi connectivity index (χ4v) is 2.22. The van der Waals surface area contributed by atoms with Gasteiger partial charge in [-0.1, -0.05) is 38.3 Å². The summed E-state index contributed by atoms with van der Waals surface area (Å²) < 4.78 is 0. The third-order valence-electron chi connectivity index (χ3n) is 3.56. The minimum atomic E-state index is -0.739. The molecule has 24 heavy (non-hydrogen) atoms. The number of amides is 1. The van der Waals surface area contributed by atoms with Crippen LogP contribution in [0, 0.1) is 21.4 Å². The van der Waals surface area contributed by atoms with Crippen LogP contribution in [0.5, 0.6) is 0 Å². The third kappa shape index (κ3) is 6.05. The Labute approximate surface area is 141 Å². The molecule has 0 aliphatic heterocycles. The zero-order valence-corrected chi connectivity index (χ0v) is 13.7. The monoisotopic (exact) mass is 327 g/mol. The maximum Gasteiger partial charge on any atom is 0.269 e. The molecule has 0 aromatic heterocycles. The normalized spacial score (nSPS) is 11.8. The lowest BCUT2D eigenvalue weighted by atomic mass is 10.00. The first-order valence-electron chi connectivity index (χ1n) is 7.85. The highest BCUT2D eigenvalue weighted by atomic mass is 16.6. The summed E-state index contributed by atoms with van der Waals surface area (Å²) in [7, 11) is 0. The number of nitrogens with zero attached hydrogens (tertiary/aromatic N) is 2. The zero-order chi connectivity index (χ0) is 17.9. The smallest absolute Gasteiger partial charge is 0.269 e. The molecule has 0 bridgehead atoms. The molecule has 0 unspecified atom stereocenters. The van der Waals surface area contributed by atoms with Crippen molar-refractivity contribution >= 4 is 17.7 Å². The number of non-ortho nitro benzene ring substituents is 1. The predicted octanol–water partition coefficient (Wildman–Crippen LogP) is 3.88. The highest BCUT2D eigenvalue weighted by Gasteiger charge is 2.10. The minimum Gasteiger partial charge on any atom is -0.365 e. The maximum atomic E-state index is 11.4. The van der Waals surface area contributed by atoms with Gasteiger partial charge in [-0.25, -0.2) is 0 Å². The number of hydrogen-bond acceptors (Lipinski definition) is 4. The van der Waals surface area contributed by atoms with Crippen LogP contribution >= 0.6 is 0 Å². The lowest BCUT2D eigenvalue weighted by Gasteiger charge is -2.05. The van der Waals surface area contributed by atoms with E-state index in [1.165, 1.54) is 12.1 Å². The van der Waals surface area contributed by atoms with Crippen LogP contribution in [-0.2, 0) is 4.79 Å². The molecule has 0 aliphatic rings. The van der Waals surface area contributed by atoms with Crippen molar-refractivity contribution < 1.29 is 9.72 Å². The fourth-order valence-electron chi connectivity index (χ4n) is 2.22. The van der Waals surface area contributed by atoms with Gasteiger partial charge in [-0.3, -0.25) is 14.9 Å². The molecule has 2 N–H and O–H groups in total. The molecule has 0 atom stereocenters. The van der Waals surface area contributed by atoms with Gasteiger partial charge in [0, 0.05) is 12.1 Å². The van der Waals surface area contributed by atoms with Crippen LogP contribution in [0.1, 0.15) is 44.6 Å². The zero-order valence-electron chi connectivity index (χ0n) is 13.7. The standard InChI is InChI=1S/C18H21N3O3/c1-2-3-4-5-6-15(17(13-19)18(20)22)10-7-14-8-11-16(12-9-14)21(23)24/h7-12H,2-6H2,1H3,(H2,20,22)/b10-7+,17-15-. The van der Waals surface area contributed by atoms with E-state index in [4.69, 9.17) is 11.0 Å². The molecule has 6 nitrogen and oxygen atoms in total. The SMILES string of the molecule is CCCCCCC(/C=C/c1ccc([N+](=O)[O-])cc1)=C(\C#N)C(N)=O. The number of nitriles is 1. The summed E-state index contributed by atoms with van der Waals surface area (Å²) in [6.07, 6.45) is 8.08. The van der Waals surface area contributed by atoms with Gasteiger partial charge < -0.3 is 5.73 Å². The molecule has 1 aromatic rings. The quantitative estimate of drug-likeness (QED) is 0.185. The first-order chi connectivity index (χ1) is 11.5. The van der Waals surface area contributed by atoms with Crippen LogP contribution in [0.3, 0.4) is 0 Å². The number of carbonyl (C=O) groups is 1. The van der Waals surface area contributed by atoms with E-state index < -0.39 is 10.8 Å². The predicted molar refractivity (Wildman–Crippen MR) is 92.7 cm³/mol. The van der Waals surface area contributed by atoms with Crippen molar-refractivity contribution in [1.29, 1.82) is 5.26 Å². The Balaban J connectivity index is 2.96. The number of allylic oxidation sites excluding steroid dienone is 2. The molecule has 6 heteroatoms. The number of nitrogens with two attached hydrogens (primary N) is 1. The topological polar surface area (TPSA) is 110 Å². The van der Waals surface area contributed by atoms with E-state index in [0.29, 0.717) is 12.0 Å². The molecule has 0 aliphatic carbocycles. The molecule has 1 aromatic carbocycles.